The van der Waals surface area contributed by atoms with E-state index in [-0.39, 0.29) is 17.3 Å². The van der Waals surface area contributed by atoms with Crippen molar-refractivity contribution >= 4 is 23.8 Å². The normalized spacial score (nSPS) is 17.0. The highest BCUT2D eigenvalue weighted by molar-refractivity contribution is 7.97. The predicted molar refractivity (Wildman–Crippen MR) is 153 cm³/mol. The third-order valence-electron chi connectivity index (χ3n) is 6.67. The van der Waals surface area contributed by atoms with Crippen molar-refractivity contribution in [1.29, 1.82) is 0 Å². The van der Waals surface area contributed by atoms with E-state index in [0.29, 0.717) is 45.6 Å². The third-order valence-corrected chi connectivity index (χ3v) is 7.69. The fraction of sp³-hybridized carbons (Fsp3) is 0.533. The number of amides is 1. The Morgan fingerprint density at radius 2 is 1.90 bits per heavy atom. The van der Waals surface area contributed by atoms with Gasteiger partial charge < -0.3 is 29.4 Å². The molecule has 1 heterocycles. The summed E-state index contributed by atoms with van der Waals surface area (Å²) in [6, 6.07) is 17.0. The fourth-order valence-corrected chi connectivity index (χ4v) is 5.62. The lowest BCUT2D eigenvalue weighted by molar-refractivity contribution is -0.117. The summed E-state index contributed by atoms with van der Waals surface area (Å²) in [4.78, 5) is 25.4. The number of aliphatic hydroxyl groups is 1. The first-order chi connectivity index (χ1) is 18.6. The van der Waals surface area contributed by atoms with Gasteiger partial charge in [0.2, 0.25) is 0 Å². The van der Waals surface area contributed by atoms with E-state index in [0.717, 1.165) is 22.6 Å². The van der Waals surface area contributed by atoms with E-state index in [1.165, 1.54) is 11.9 Å². The number of aliphatic hydroxyl groups excluding tert-OH is 1. The highest BCUT2D eigenvalue weighted by atomic mass is 32.2. The molecule has 0 aliphatic carbocycles. The van der Waals surface area contributed by atoms with Crippen LogP contribution in [0, 0.1) is 5.41 Å². The van der Waals surface area contributed by atoms with E-state index in [1.807, 2.05) is 54.6 Å². The SMILES string of the molecule is COc1ccc(SN(CC(O)C(Cc2ccccc2)NC(=O)OC2CCOC2)CC(C)(C)CCC(C)=O)cc1. The van der Waals surface area contributed by atoms with E-state index >= 15 is 0 Å². The quantitative estimate of drug-likeness (QED) is 0.299. The lowest BCUT2D eigenvalue weighted by Gasteiger charge is -2.35. The Balaban J connectivity index is 1.76. The zero-order valence-electron chi connectivity index (χ0n) is 23.4. The van der Waals surface area contributed by atoms with Gasteiger partial charge in [-0.25, -0.2) is 9.10 Å². The fourth-order valence-electron chi connectivity index (χ4n) is 4.42. The van der Waals surface area contributed by atoms with Crippen molar-refractivity contribution in [3.63, 3.8) is 0 Å². The Kier molecular flexibility index (Phi) is 12.1. The second-order valence-electron chi connectivity index (χ2n) is 10.9. The molecule has 2 N–H and O–H groups in total. The Morgan fingerprint density at radius 3 is 2.51 bits per heavy atom. The molecule has 3 atom stereocenters. The molecular formula is C30H42N2O6S. The van der Waals surface area contributed by atoms with Gasteiger partial charge in [0, 0.05) is 30.8 Å². The number of nitrogens with zero attached hydrogens (tertiary/aromatic N) is 1. The lowest BCUT2D eigenvalue weighted by atomic mass is 9.87. The molecule has 214 valence electrons. The van der Waals surface area contributed by atoms with Crippen molar-refractivity contribution in [3.8, 4) is 5.75 Å². The largest absolute Gasteiger partial charge is 0.497 e. The molecule has 9 heteroatoms. The Morgan fingerprint density at radius 1 is 1.18 bits per heavy atom. The minimum absolute atomic E-state index is 0.163. The summed E-state index contributed by atoms with van der Waals surface area (Å²) in [5.74, 6) is 0.932. The highest BCUT2D eigenvalue weighted by Crippen LogP contribution is 2.32. The van der Waals surface area contributed by atoms with E-state index in [1.54, 1.807) is 14.0 Å². The van der Waals surface area contributed by atoms with Crippen molar-refractivity contribution in [2.45, 2.75) is 69.6 Å². The smallest absolute Gasteiger partial charge is 0.407 e. The molecule has 1 aliphatic rings. The number of methoxy groups -OCH3 is 1. The Labute approximate surface area is 236 Å². The zero-order valence-corrected chi connectivity index (χ0v) is 24.2. The van der Waals surface area contributed by atoms with Crippen molar-refractivity contribution < 1.29 is 28.9 Å². The minimum atomic E-state index is -0.882. The maximum atomic E-state index is 12.8. The van der Waals surface area contributed by atoms with Gasteiger partial charge in [-0.3, -0.25) is 0 Å². The number of rotatable bonds is 15. The number of hydrogen-bond acceptors (Lipinski definition) is 8. The van der Waals surface area contributed by atoms with Crippen LogP contribution in [0.15, 0.2) is 59.5 Å². The molecule has 0 saturated carbocycles. The van der Waals surface area contributed by atoms with Crippen LogP contribution in [0.5, 0.6) is 5.75 Å². The first-order valence-electron chi connectivity index (χ1n) is 13.5. The summed E-state index contributed by atoms with van der Waals surface area (Å²) in [6.45, 7) is 7.77. The van der Waals surface area contributed by atoms with Gasteiger partial charge in [0.15, 0.2) is 0 Å². The summed E-state index contributed by atoms with van der Waals surface area (Å²) >= 11 is 1.54. The molecule has 3 unspecified atom stereocenters. The number of alkyl carbamates (subject to hydrolysis) is 1. The molecule has 3 rings (SSSR count). The van der Waals surface area contributed by atoms with Crippen LogP contribution in [-0.2, 0) is 20.7 Å². The number of benzene rings is 2. The maximum absolute atomic E-state index is 12.8. The molecule has 2 aromatic rings. The molecule has 1 aliphatic heterocycles. The van der Waals surface area contributed by atoms with E-state index in [2.05, 4.69) is 23.5 Å². The number of carbonyl (C=O) groups is 2. The second-order valence-corrected chi connectivity index (χ2v) is 12.0. The van der Waals surface area contributed by atoms with Crippen LogP contribution in [0.1, 0.15) is 45.6 Å². The molecule has 1 saturated heterocycles. The van der Waals surface area contributed by atoms with Crippen LogP contribution in [0.3, 0.4) is 0 Å². The van der Waals surface area contributed by atoms with Crippen LogP contribution in [0.2, 0.25) is 0 Å². The van der Waals surface area contributed by atoms with Crippen molar-refractivity contribution in [2.75, 3.05) is 33.4 Å². The summed E-state index contributed by atoms with van der Waals surface area (Å²) in [5.41, 5.74) is 0.830. The molecule has 0 aromatic heterocycles. The maximum Gasteiger partial charge on any atom is 0.407 e. The van der Waals surface area contributed by atoms with Crippen LogP contribution >= 0.6 is 11.9 Å². The molecule has 1 amide bonds. The summed E-state index contributed by atoms with van der Waals surface area (Å²) in [6.07, 6.45) is 0.649. The van der Waals surface area contributed by atoms with Gasteiger partial charge in [0.1, 0.15) is 17.6 Å². The van der Waals surface area contributed by atoms with Crippen LogP contribution in [0.25, 0.3) is 0 Å². The third kappa shape index (κ3) is 11.2. The number of Topliss-reactive ketones (excluding diaryl/α,β-unsaturated/α-hetero) is 1. The zero-order chi connectivity index (χ0) is 28.3. The average Bonchev–Trinajstić information content (AvgIpc) is 3.41. The topological polar surface area (TPSA) is 97.3 Å². The molecule has 0 bridgehead atoms. The summed E-state index contributed by atoms with van der Waals surface area (Å²) in [5, 5.41) is 14.4. The van der Waals surface area contributed by atoms with Crippen molar-refractivity contribution in [1.82, 2.24) is 9.62 Å². The first kappa shape index (κ1) is 30.9. The highest BCUT2D eigenvalue weighted by Gasteiger charge is 2.30. The standard InChI is InChI=1S/C30H42N2O6S/c1-22(33)14-16-30(2,3)21-32(39-26-12-10-24(36-4)11-13-26)19-28(34)27(18-23-8-6-5-7-9-23)31-29(35)38-25-15-17-37-20-25/h5-13,25,27-28,34H,14-21H2,1-4H3,(H,31,35). The Bertz CT molecular complexity index is 1030. The van der Waals surface area contributed by atoms with Gasteiger partial charge >= 0.3 is 6.09 Å². The minimum Gasteiger partial charge on any atom is -0.497 e. The van der Waals surface area contributed by atoms with E-state index < -0.39 is 18.2 Å². The summed E-state index contributed by atoms with van der Waals surface area (Å²) in [7, 11) is 1.63. The van der Waals surface area contributed by atoms with E-state index in [4.69, 9.17) is 14.2 Å². The molecule has 0 radical (unpaired) electrons. The van der Waals surface area contributed by atoms with Crippen molar-refractivity contribution in [3.05, 3.63) is 60.2 Å². The number of ether oxygens (including phenoxy) is 3. The number of carbonyl (C=O) groups excluding carboxylic acids is 2. The van der Waals surface area contributed by atoms with Gasteiger partial charge in [-0.05, 0) is 67.0 Å². The number of nitrogens with one attached hydrogen (secondary N) is 1. The van der Waals surface area contributed by atoms with Gasteiger partial charge in [-0.2, -0.15) is 0 Å². The molecular weight excluding hydrogens is 516 g/mol. The lowest BCUT2D eigenvalue weighted by Crippen LogP contribution is -2.50. The first-order valence-corrected chi connectivity index (χ1v) is 14.2. The van der Waals surface area contributed by atoms with Gasteiger partial charge in [0.05, 0.1) is 32.5 Å². The predicted octanol–water partition coefficient (Wildman–Crippen LogP) is 4.89. The Hall–Kier alpha value is -2.59. The van der Waals surface area contributed by atoms with Crippen molar-refractivity contribution in [2.24, 2.45) is 5.41 Å². The monoisotopic (exact) mass is 558 g/mol. The van der Waals surface area contributed by atoms with Gasteiger partial charge in [0.25, 0.3) is 0 Å². The summed E-state index contributed by atoms with van der Waals surface area (Å²) < 4.78 is 18.3. The number of ketones is 1. The molecule has 1 fully saturated rings. The molecule has 8 nitrogen and oxygen atoms in total. The number of hydrogen-bond donors (Lipinski definition) is 2. The molecule has 0 spiro atoms. The average molecular weight is 559 g/mol. The van der Waals surface area contributed by atoms with Crippen LogP contribution < -0.4 is 10.1 Å². The van der Waals surface area contributed by atoms with Crippen LogP contribution in [-0.4, -0.2) is 73.0 Å². The molecule has 2 aromatic carbocycles. The van der Waals surface area contributed by atoms with Crippen LogP contribution in [0.4, 0.5) is 4.79 Å². The van der Waals surface area contributed by atoms with E-state index in [9.17, 15) is 14.7 Å². The van der Waals surface area contributed by atoms with Gasteiger partial charge in [-0.15, -0.1) is 0 Å². The van der Waals surface area contributed by atoms with Gasteiger partial charge in [-0.1, -0.05) is 44.2 Å². The second kappa shape index (κ2) is 15.3. The molecule has 39 heavy (non-hydrogen) atoms.